The van der Waals surface area contributed by atoms with E-state index in [0.29, 0.717) is 55.1 Å². The molecule has 0 radical (unpaired) electrons. The molecule has 0 bridgehead atoms. The van der Waals surface area contributed by atoms with Gasteiger partial charge in [0.2, 0.25) is 5.91 Å². The van der Waals surface area contributed by atoms with E-state index in [1.165, 1.54) is 16.9 Å². The number of pyridine rings is 1. The molecule has 2 aromatic heterocycles. The van der Waals surface area contributed by atoms with Gasteiger partial charge in [-0.05, 0) is 79.3 Å². The Labute approximate surface area is 233 Å². The van der Waals surface area contributed by atoms with Crippen molar-refractivity contribution >= 4 is 17.6 Å². The fraction of sp³-hybridized carbons (Fsp3) is 0.267. The molecule has 8 nitrogen and oxygen atoms in total. The summed E-state index contributed by atoms with van der Waals surface area (Å²) in [6.07, 6.45) is 1.23. The van der Waals surface area contributed by atoms with Crippen LogP contribution in [0.4, 0.5) is 19.0 Å². The number of carbonyl (C=O) groups is 2. The summed E-state index contributed by atoms with van der Waals surface area (Å²) in [6.45, 7) is 0. The molecule has 6 rings (SSSR count). The molecular formula is C30H26F3N5O3. The summed E-state index contributed by atoms with van der Waals surface area (Å²) in [5, 5.41) is 9.74. The maximum absolute atomic E-state index is 13.7. The molecule has 2 amide bonds. The molecule has 1 atom stereocenters. The lowest BCUT2D eigenvalue weighted by atomic mass is 9.88. The molecule has 210 valence electrons. The first kappa shape index (κ1) is 26.5. The third-order valence-corrected chi connectivity index (χ3v) is 7.48. The first-order chi connectivity index (χ1) is 19.6. The van der Waals surface area contributed by atoms with Crippen LogP contribution >= 0.6 is 0 Å². The van der Waals surface area contributed by atoms with Gasteiger partial charge in [0.05, 0.1) is 11.3 Å². The molecule has 0 saturated heterocycles. The van der Waals surface area contributed by atoms with Gasteiger partial charge in [-0.2, -0.15) is 18.3 Å². The molecule has 2 aliphatic rings. The lowest BCUT2D eigenvalue weighted by Crippen LogP contribution is -2.39. The van der Waals surface area contributed by atoms with Crippen molar-refractivity contribution in [3.05, 3.63) is 88.7 Å². The highest BCUT2D eigenvalue weighted by Gasteiger charge is 2.32. The van der Waals surface area contributed by atoms with Gasteiger partial charge in [0.15, 0.2) is 0 Å². The Bertz CT molecular complexity index is 1660. The number of amides is 2. The largest absolute Gasteiger partial charge is 0.457 e. The van der Waals surface area contributed by atoms with Gasteiger partial charge in [-0.3, -0.25) is 14.3 Å². The highest BCUT2D eigenvalue weighted by molar-refractivity contribution is 5.96. The molecular weight excluding hydrogens is 535 g/mol. The van der Waals surface area contributed by atoms with Crippen molar-refractivity contribution in [3.8, 4) is 22.8 Å². The molecule has 11 heteroatoms. The number of alkyl halides is 3. The van der Waals surface area contributed by atoms with Gasteiger partial charge in [0.1, 0.15) is 17.3 Å². The van der Waals surface area contributed by atoms with Crippen LogP contribution < -0.4 is 15.4 Å². The topological polar surface area (TPSA) is 98.1 Å². The standard InChI is InChI=1S/C30H26F3N5O3/c1-38-25(8-11-35-38)19-12-20(14-21(13-19)30(31,32)33)29(40)36-22-4-2-17-3-5-23(16-18(17)15-22)41-26-9-10-34-28-24(26)6-7-27(39)37-28/h3,5,8-14,16,22H,2,4,6-7,15H2,1H3,(H,36,40)(H,34,37,39)/t22-/m1/s1. The van der Waals surface area contributed by atoms with E-state index < -0.39 is 17.6 Å². The van der Waals surface area contributed by atoms with E-state index >= 15 is 0 Å². The highest BCUT2D eigenvalue weighted by Crippen LogP contribution is 2.35. The zero-order valence-corrected chi connectivity index (χ0v) is 22.1. The Hall–Kier alpha value is -4.67. The molecule has 0 spiro atoms. The van der Waals surface area contributed by atoms with Crippen LogP contribution in [0, 0.1) is 0 Å². The van der Waals surface area contributed by atoms with E-state index in [1.54, 1.807) is 25.4 Å². The van der Waals surface area contributed by atoms with Gasteiger partial charge in [-0.25, -0.2) is 4.98 Å². The third-order valence-electron chi connectivity index (χ3n) is 7.48. The summed E-state index contributed by atoms with van der Waals surface area (Å²) in [4.78, 5) is 29.2. The van der Waals surface area contributed by atoms with Crippen molar-refractivity contribution in [1.29, 1.82) is 0 Å². The quantitative estimate of drug-likeness (QED) is 0.337. The minimum Gasteiger partial charge on any atom is -0.457 e. The summed E-state index contributed by atoms with van der Waals surface area (Å²) in [6, 6.07) is 12.3. The number of nitrogens with one attached hydrogen (secondary N) is 2. The fourth-order valence-corrected chi connectivity index (χ4v) is 5.40. The molecule has 2 aromatic carbocycles. The first-order valence-corrected chi connectivity index (χ1v) is 13.2. The third kappa shape index (κ3) is 5.52. The molecule has 4 aromatic rings. The van der Waals surface area contributed by atoms with Crippen molar-refractivity contribution in [1.82, 2.24) is 20.1 Å². The van der Waals surface area contributed by atoms with E-state index in [9.17, 15) is 22.8 Å². The minimum atomic E-state index is -4.61. The second-order valence-electron chi connectivity index (χ2n) is 10.3. The van der Waals surface area contributed by atoms with Crippen LogP contribution in [0.5, 0.6) is 11.5 Å². The number of nitrogens with zero attached hydrogens (tertiary/aromatic N) is 3. The monoisotopic (exact) mass is 561 g/mol. The second kappa shape index (κ2) is 10.4. The number of rotatable bonds is 5. The maximum Gasteiger partial charge on any atom is 0.416 e. The fourth-order valence-electron chi connectivity index (χ4n) is 5.40. The van der Waals surface area contributed by atoms with E-state index in [4.69, 9.17) is 4.74 Å². The van der Waals surface area contributed by atoms with Crippen LogP contribution in [-0.4, -0.2) is 32.6 Å². The predicted molar refractivity (Wildman–Crippen MR) is 145 cm³/mol. The number of halogens is 3. The van der Waals surface area contributed by atoms with Crippen LogP contribution in [0.2, 0.25) is 0 Å². The number of hydrogen-bond acceptors (Lipinski definition) is 5. The number of anilines is 1. The summed E-state index contributed by atoms with van der Waals surface area (Å²) in [5.41, 5.74) is 2.74. The normalized spacial score (nSPS) is 16.4. The maximum atomic E-state index is 13.7. The van der Waals surface area contributed by atoms with Crippen LogP contribution in [0.3, 0.4) is 0 Å². The zero-order chi connectivity index (χ0) is 28.7. The Kier molecular flexibility index (Phi) is 6.72. The van der Waals surface area contributed by atoms with Crippen LogP contribution in [0.1, 0.15) is 45.5 Å². The second-order valence-corrected chi connectivity index (χ2v) is 10.3. The summed E-state index contributed by atoms with van der Waals surface area (Å²) in [7, 11) is 1.63. The van der Waals surface area contributed by atoms with Crippen LogP contribution in [-0.2, 0) is 37.3 Å². The average molecular weight is 562 g/mol. The molecule has 0 unspecified atom stereocenters. The Morgan fingerprint density at radius 2 is 1.90 bits per heavy atom. The van der Waals surface area contributed by atoms with E-state index in [0.717, 1.165) is 28.8 Å². The van der Waals surface area contributed by atoms with Gasteiger partial charge >= 0.3 is 6.18 Å². The molecule has 3 heterocycles. The molecule has 2 N–H and O–H groups in total. The van der Waals surface area contributed by atoms with Crippen molar-refractivity contribution < 1.29 is 27.5 Å². The number of aryl methyl sites for hydroxylation is 2. The van der Waals surface area contributed by atoms with Crippen molar-refractivity contribution in [2.24, 2.45) is 7.05 Å². The number of aromatic nitrogens is 3. The molecule has 1 aliphatic heterocycles. The molecule has 0 saturated carbocycles. The van der Waals surface area contributed by atoms with Crippen molar-refractivity contribution in [3.63, 3.8) is 0 Å². The Balaban J connectivity index is 1.20. The highest BCUT2D eigenvalue weighted by atomic mass is 19.4. The predicted octanol–water partition coefficient (Wildman–Crippen LogP) is 5.47. The van der Waals surface area contributed by atoms with Gasteiger partial charge in [-0.15, -0.1) is 0 Å². The van der Waals surface area contributed by atoms with Crippen LogP contribution in [0.25, 0.3) is 11.3 Å². The molecule has 1 aliphatic carbocycles. The van der Waals surface area contributed by atoms with E-state index in [1.807, 2.05) is 18.2 Å². The van der Waals surface area contributed by atoms with Crippen molar-refractivity contribution in [2.75, 3.05) is 5.32 Å². The summed E-state index contributed by atoms with van der Waals surface area (Å²) >= 11 is 0. The summed E-state index contributed by atoms with van der Waals surface area (Å²) < 4.78 is 48.7. The summed E-state index contributed by atoms with van der Waals surface area (Å²) in [5.74, 6) is 1.08. The zero-order valence-electron chi connectivity index (χ0n) is 22.1. The number of benzene rings is 2. The van der Waals surface area contributed by atoms with Gasteiger partial charge in [0.25, 0.3) is 5.91 Å². The lowest BCUT2D eigenvalue weighted by molar-refractivity contribution is -0.137. The van der Waals surface area contributed by atoms with Crippen molar-refractivity contribution in [2.45, 2.75) is 44.3 Å². The van der Waals surface area contributed by atoms with Crippen LogP contribution in [0.15, 0.2) is 60.9 Å². The average Bonchev–Trinajstić information content (AvgIpc) is 3.38. The number of hydrogen-bond donors (Lipinski definition) is 2. The smallest absolute Gasteiger partial charge is 0.416 e. The number of ether oxygens (including phenoxy) is 1. The first-order valence-electron chi connectivity index (χ1n) is 13.2. The number of carbonyl (C=O) groups excluding carboxylic acids is 2. The van der Waals surface area contributed by atoms with Gasteiger partial charge in [-0.1, -0.05) is 6.07 Å². The Morgan fingerprint density at radius 1 is 1.05 bits per heavy atom. The van der Waals surface area contributed by atoms with Gasteiger partial charge in [0, 0.05) is 48.6 Å². The minimum absolute atomic E-state index is 0.0616. The molecule has 41 heavy (non-hydrogen) atoms. The SMILES string of the molecule is Cn1nccc1-c1cc(C(=O)N[C@@H]2CCc3ccc(Oc4ccnc5c4CCC(=O)N5)cc3C2)cc(C(F)(F)F)c1. The molecule has 0 fully saturated rings. The van der Waals surface area contributed by atoms with E-state index in [-0.39, 0.29) is 23.1 Å². The Morgan fingerprint density at radius 3 is 2.68 bits per heavy atom. The van der Waals surface area contributed by atoms with Gasteiger partial charge < -0.3 is 15.4 Å². The number of fused-ring (bicyclic) bond motifs is 2. The van der Waals surface area contributed by atoms with E-state index in [2.05, 4.69) is 20.7 Å². The lowest BCUT2D eigenvalue weighted by Gasteiger charge is -2.26.